The van der Waals surface area contributed by atoms with Crippen molar-refractivity contribution >= 4 is 0 Å². The molecule has 1 aliphatic heterocycles. The molecule has 2 N–H and O–H groups in total. The fourth-order valence-electron chi connectivity index (χ4n) is 3.34. The van der Waals surface area contributed by atoms with Gasteiger partial charge in [-0.25, -0.2) is 0 Å². The van der Waals surface area contributed by atoms with Crippen molar-refractivity contribution in [3.05, 3.63) is 29.3 Å². The van der Waals surface area contributed by atoms with Crippen molar-refractivity contribution < 1.29 is 4.74 Å². The third-order valence-electron chi connectivity index (χ3n) is 4.98. The van der Waals surface area contributed by atoms with E-state index < -0.39 is 0 Å². The molecule has 0 aromatic heterocycles. The maximum atomic E-state index is 6.50. The van der Waals surface area contributed by atoms with Gasteiger partial charge in [0.1, 0.15) is 5.75 Å². The highest BCUT2D eigenvalue weighted by atomic mass is 16.5. The van der Waals surface area contributed by atoms with Crippen LogP contribution >= 0.6 is 0 Å². The summed E-state index contributed by atoms with van der Waals surface area (Å²) in [4.78, 5) is 2.45. The van der Waals surface area contributed by atoms with Gasteiger partial charge in [-0.15, -0.1) is 0 Å². The molecule has 0 spiro atoms. The van der Waals surface area contributed by atoms with E-state index in [-0.39, 0.29) is 11.6 Å². The van der Waals surface area contributed by atoms with Crippen LogP contribution in [0.2, 0.25) is 0 Å². The summed E-state index contributed by atoms with van der Waals surface area (Å²) in [7, 11) is 0. The molecule has 0 bridgehead atoms. The van der Waals surface area contributed by atoms with Gasteiger partial charge in [0, 0.05) is 18.0 Å². The molecular formula is C18H30N2O. The molecule has 1 unspecified atom stereocenters. The molecule has 2 rings (SSSR count). The summed E-state index contributed by atoms with van der Waals surface area (Å²) in [6.45, 7) is 11.9. The minimum Gasteiger partial charge on any atom is -0.493 e. The van der Waals surface area contributed by atoms with Gasteiger partial charge in [-0.05, 0) is 57.0 Å². The lowest BCUT2D eigenvalue weighted by Gasteiger charge is -2.42. The Labute approximate surface area is 129 Å². The maximum Gasteiger partial charge on any atom is 0.122 e. The van der Waals surface area contributed by atoms with Gasteiger partial charge in [0.2, 0.25) is 0 Å². The van der Waals surface area contributed by atoms with Crippen LogP contribution in [0, 0.1) is 0 Å². The van der Waals surface area contributed by atoms with E-state index in [2.05, 4.69) is 50.8 Å². The first-order valence-corrected chi connectivity index (χ1v) is 8.24. The highest BCUT2D eigenvalue weighted by Gasteiger charge is 2.31. The molecule has 118 valence electrons. The highest BCUT2D eigenvalue weighted by molar-refractivity contribution is 5.39. The Bertz CT molecular complexity index is 466. The SMILES string of the molecule is CCN(CC)C(C)(C)C(N)CCc1ccc2c(c1)CCO2. The first-order chi connectivity index (χ1) is 9.98. The standard InChI is InChI=1S/C18H30N2O/c1-5-20(6-2)18(3,4)17(19)10-8-14-7-9-16-15(13-14)11-12-21-16/h7,9,13,17H,5-6,8,10-12,19H2,1-4H3. The summed E-state index contributed by atoms with van der Waals surface area (Å²) in [5.41, 5.74) is 9.27. The van der Waals surface area contributed by atoms with Crippen molar-refractivity contribution in [2.45, 2.75) is 58.5 Å². The lowest BCUT2D eigenvalue weighted by Crippen LogP contribution is -2.56. The Balaban J connectivity index is 1.96. The predicted molar refractivity (Wildman–Crippen MR) is 88.9 cm³/mol. The summed E-state index contributed by atoms with van der Waals surface area (Å²) in [5, 5.41) is 0. The zero-order chi connectivity index (χ0) is 15.5. The number of likely N-dealkylation sites (N-methyl/N-ethyl adjacent to an activating group) is 1. The van der Waals surface area contributed by atoms with E-state index in [0.717, 1.165) is 44.7 Å². The normalized spacial score (nSPS) is 15.9. The Hall–Kier alpha value is -1.06. The zero-order valence-corrected chi connectivity index (χ0v) is 14.0. The molecule has 1 aromatic rings. The quantitative estimate of drug-likeness (QED) is 0.839. The van der Waals surface area contributed by atoms with E-state index in [1.165, 1.54) is 11.1 Å². The lowest BCUT2D eigenvalue weighted by molar-refractivity contribution is 0.103. The van der Waals surface area contributed by atoms with E-state index in [4.69, 9.17) is 10.5 Å². The van der Waals surface area contributed by atoms with Crippen LogP contribution in [0.1, 0.15) is 45.2 Å². The molecular weight excluding hydrogens is 260 g/mol. The van der Waals surface area contributed by atoms with Gasteiger partial charge in [0.25, 0.3) is 0 Å². The summed E-state index contributed by atoms with van der Waals surface area (Å²) < 4.78 is 5.56. The number of ether oxygens (including phenoxy) is 1. The number of benzene rings is 1. The minimum atomic E-state index is 0.0450. The van der Waals surface area contributed by atoms with Crippen LogP contribution < -0.4 is 10.5 Å². The van der Waals surface area contributed by atoms with Crippen molar-refractivity contribution in [3.63, 3.8) is 0 Å². The van der Waals surface area contributed by atoms with Crippen LogP contribution in [0.15, 0.2) is 18.2 Å². The Morgan fingerprint density at radius 1 is 1.29 bits per heavy atom. The summed E-state index contributed by atoms with van der Waals surface area (Å²) in [5.74, 6) is 1.06. The van der Waals surface area contributed by atoms with Crippen LogP contribution in [0.5, 0.6) is 5.75 Å². The molecule has 0 radical (unpaired) electrons. The molecule has 1 aliphatic rings. The van der Waals surface area contributed by atoms with Crippen LogP contribution in [0.3, 0.4) is 0 Å². The Morgan fingerprint density at radius 2 is 2.00 bits per heavy atom. The van der Waals surface area contributed by atoms with Crippen LogP contribution in [0.25, 0.3) is 0 Å². The average molecular weight is 290 g/mol. The van der Waals surface area contributed by atoms with Crippen LogP contribution in [-0.4, -0.2) is 36.2 Å². The molecule has 0 saturated heterocycles. The van der Waals surface area contributed by atoms with E-state index in [1.807, 2.05) is 0 Å². The number of hydrogen-bond acceptors (Lipinski definition) is 3. The molecule has 1 aromatic carbocycles. The zero-order valence-electron chi connectivity index (χ0n) is 14.0. The molecule has 1 atom stereocenters. The third kappa shape index (κ3) is 3.58. The van der Waals surface area contributed by atoms with E-state index in [9.17, 15) is 0 Å². The number of nitrogens with two attached hydrogens (primary N) is 1. The summed E-state index contributed by atoms with van der Waals surface area (Å²) in [6, 6.07) is 6.77. The van der Waals surface area contributed by atoms with Crippen molar-refractivity contribution in [1.82, 2.24) is 4.90 Å². The molecule has 3 heteroatoms. The molecule has 0 aliphatic carbocycles. The van der Waals surface area contributed by atoms with Gasteiger partial charge in [0.05, 0.1) is 6.61 Å². The first kappa shape index (κ1) is 16.3. The maximum absolute atomic E-state index is 6.50. The van der Waals surface area contributed by atoms with Crippen LogP contribution in [-0.2, 0) is 12.8 Å². The second-order valence-electron chi connectivity index (χ2n) is 6.51. The second kappa shape index (κ2) is 6.80. The number of nitrogens with zero attached hydrogens (tertiary/aromatic N) is 1. The number of fused-ring (bicyclic) bond motifs is 1. The van der Waals surface area contributed by atoms with Gasteiger partial charge >= 0.3 is 0 Å². The fourth-order valence-corrected chi connectivity index (χ4v) is 3.34. The molecule has 21 heavy (non-hydrogen) atoms. The van der Waals surface area contributed by atoms with E-state index in [1.54, 1.807) is 0 Å². The van der Waals surface area contributed by atoms with Crippen molar-refractivity contribution in [2.24, 2.45) is 5.73 Å². The predicted octanol–water partition coefficient (Wildman–Crippen LogP) is 3.00. The summed E-state index contributed by atoms with van der Waals surface area (Å²) >= 11 is 0. The summed E-state index contributed by atoms with van der Waals surface area (Å²) in [6.07, 6.45) is 3.10. The largest absolute Gasteiger partial charge is 0.493 e. The lowest BCUT2D eigenvalue weighted by atomic mass is 9.88. The average Bonchev–Trinajstić information content (AvgIpc) is 2.93. The van der Waals surface area contributed by atoms with Crippen molar-refractivity contribution in [2.75, 3.05) is 19.7 Å². The van der Waals surface area contributed by atoms with Gasteiger partial charge in [-0.2, -0.15) is 0 Å². The number of rotatable bonds is 7. The van der Waals surface area contributed by atoms with Crippen molar-refractivity contribution in [3.8, 4) is 5.75 Å². The molecule has 0 fully saturated rings. The van der Waals surface area contributed by atoms with Gasteiger partial charge < -0.3 is 10.5 Å². The third-order valence-corrected chi connectivity index (χ3v) is 4.98. The van der Waals surface area contributed by atoms with Crippen LogP contribution in [0.4, 0.5) is 0 Å². The Morgan fingerprint density at radius 3 is 2.67 bits per heavy atom. The van der Waals surface area contributed by atoms with Gasteiger partial charge in [-0.1, -0.05) is 26.0 Å². The van der Waals surface area contributed by atoms with Gasteiger partial charge in [-0.3, -0.25) is 4.90 Å². The topological polar surface area (TPSA) is 38.5 Å². The smallest absolute Gasteiger partial charge is 0.122 e. The highest BCUT2D eigenvalue weighted by Crippen LogP contribution is 2.27. The number of hydrogen-bond donors (Lipinski definition) is 1. The second-order valence-corrected chi connectivity index (χ2v) is 6.51. The monoisotopic (exact) mass is 290 g/mol. The molecule has 3 nitrogen and oxygen atoms in total. The number of aryl methyl sites for hydroxylation is 1. The minimum absolute atomic E-state index is 0.0450. The van der Waals surface area contributed by atoms with E-state index in [0.29, 0.717) is 0 Å². The molecule has 0 amide bonds. The molecule has 0 saturated carbocycles. The van der Waals surface area contributed by atoms with Crippen molar-refractivity contribution in [1.29, 1.82) is 0 Å². The van der Waals surface area contributed by atoms with E-state index >= 15 is 0 Å². The Kier molecular flexibility index (Phi) is 5.28. The molecule has 1 heterocycles. The fraction of sp³-hybridized carbons (Fsp3) is 0.667. The van der Waals surface area contributed by atoms with Gasteiger partial charge in [0.15, 0.2) is 0 Å². The first-order valence-electron chi connectivity index (χ1n) is 8.24.